The van der Waals surface area contributed by atoms with Gasteiger partial charge in [0.2, 0.25) is 0 Å². The summed E-state index contributed by atoms with van der Waals surface area (Å²) in [7, 11) is 0. The van der Waals surface area contributed by atoms with Crippen LogP contribution in [0.25, 0.3) is 0 Å². The van der Waals surface area contributed by atoms with Gasteiger partial charge in [0.1, 0.15) is 11.9 Å². The van der Waals surface area contributed by atoms with Gasteiger partial charge >= 0.3 is 0 Å². The number of nitriles is 1. The molecule has 1 amide bonds. The summed E-state index contributed by atoms with van der Waals surface area (Å²) in [5, 5.41) is 16.4. The molecule has 0 aliphatic carbocycles. The lowest BCUT2D eigenvalue weighted by atomic mass is 10.2. The lowest BCUT2D eigenvalue weighted by molar-refractivity contribution is 0.0622. The molecule has 7 nitrogen and oxygen atoms in total. The molecule has 152 valence electrons. The van der Waals surface area contributed by atoms with Crippen molar-refractivity contribution in [2.75, 3.05) is 26.2 Å². The van der Waals surface area contributed by atoms with Gasteiger partial charge < -0.3 is 4.90 Å². The van der Waals surface area contributed by atoms with Gasteiger partial charge in [-0.2, -0.15) is 10.4 Å². The minimum atomic E-state index is 0.0286. The zero-order chi connectivity index (χ0) is 20.9. The number of carbonyl (C=O) groups excluding carboxylic acids is 1. The second-order valence-corrected chi connectivity index (χ2v) is 8.20. The Labute approximate surface area is 179 Å². The first-order chi connectivity index (χ1) is 14.6. The van der Waals surface area contributed by atoms with Crippen molar-refractivity contribution in [3.63, 3.8) is 0 Å². The molecule has 0 saturated carbocycles. The molecule has 0 radical (unpaired) electrons. The SMILES string of the molecule is Cc1nc(CN2CCN(C(=O)c3ccccc3Sc3ccccc3C#N)CC2)n[nH]1. The van der Waals surface area contributed by atoms with Gasteiger partial charge in [0, 0.05) is 36.0 Å². The van der Waals surface area contributed by atoms with E-state index >= 15 is 0 Å². The fraction of sp³-hybridized carbons (Fsp3) is 0.273. The minimum Gasteiger partial charge on any atom is -0.336 e. The van der Waals surface area contributed by atoms with Crippen LogP contribution < -0.4 is 0 Å². The predicted octanol–water partition coefficient (Wildman–Crippen LogP) is 3.09. The molecule has 1 saturated heterocycles. The van der Waals surface area contributed by atoms with Crippen molar-refractivity contribution in [2.45, 2.75) is 23.3 Å². The molecule has 8 heteroatoms. The number of hydrogen-bond acceptors (Lipinski definition) is 6. The van der Waals surface area contributed by atoms with Crippen LogP contribution in [0.1, 0.15) is 27.6 Å². The van der Waals surface area contributed by atoms with Crippen LogP contribution >= 0.6 is 11.8 Å². The molecule has 1 aliphatic heterocycles. The quantitative estimate of drug-likeness (QED) is 0.685. The van der Waals surface area contributed by atoms with Crippen molar-refractivity contribution in [1.29, 1.82) is 5.26 Å². The van der Waals surface area contributed by atoms with E-state index in [0.717, 1.165) is 34.5 Å². The number of piperazine rings is 1. The molecular weight excluding hydrogens is 396 g/mol. The van der Waals surface area contributed by atoms with E-state index in [9.17, 15) is 10.1 Å². The second kappa shape index (κ2) is 9.11. The van der Waals surface area contributed by atoms with Gasteiger partial charge in [-0.05, 0) is 31.2 Å². The van der Waals surface area contributed by atoms with Crippen LogP contribution in [0.4, 0.5) is 0 Å². The third-order valence-corrected chi connectivity index (χ3v) is 6.16. The summed E-state index contributed by atoms with van der Waals surface area (Å²) < 4.78 is 0. The highest BCUT2D eigenvalue weighted by Crippen LogP contribution is 2.33. The number of rotatable bonds is 5. The van der Waals surface area contributed by atoms with E-state index in [1.54, 1.807) is 6.07 Å². The Balaban J connectivity index is 1.44. The molecule has 30 heavy (non-hydrogen) atoms. The van der Waals surface area contributed by atoms with Gasteiger partial charge in [0.25, 0.3) is 5.91 Å². The van der Waals surface area contributed by atoms with Crippen molar-refractivity contribution in [1.82, 2.24) is 25.0 Å². The molecule has 1 aromatic heterocycles. The summed E-state index contributed by atoms with van der Waals surface area (Å²) in [6.45, 7) is 5.46. The molecule has 4 rings (SSSR count). The molecule has 0 spiro atoms. The Morgan fingerprint density at radius 2 is 1.80 bits per heavy atom. The van der Waals surface area contributed by atoms with Crippen LogP contribution in [0.5, 0.6) is 0 Å². The molecule has 1 N–H and O–H groups in total. The molecule has 3 aromatic rings. The zero-order valence-corrected chi connectivity index (χ0v) is 17.5. The number of nitrogens with zero attached hydrogens (tertiary/aromatic N) is 5. The van der Waals surface area contributed by atoms with Gasteiger partial charge in [-0.3, -0.25) is 14.8 Å². The minimum absolute atomic E-state index is 0.0286. The summed E-state index contributed by atoms with van der Waals surface area (Å²) in [5.74, 6) is 1.62. The van der Waals surface area contributed by atoms with E-state index in [1.165, 1.54) is 11.8 Å². The Morgan fingerprint density at radius 1 is 1.10 bits per heavy atom. The van der Waals surface area contributed by atoms with Crippen molar-refractivity contribution in [2.24, 2.45) is 0 Å². The standard InChI is InChI=1S/C22H22N6OS/c1-16-24-21(26-25-16)15-27-10-12-28(13-11-27)22(29)18-7-3-5-9-20(18)30-19-8-4-2-6-17(19)14-23/h2-9H,10-13,15H2,1H3,(H,24,25,26). The summed E-state index contributed by atoms with van der Waals surface area (Å²) >= 11 is 1.46. The van der Waals surface area contributed by atoms with E-state index in [2.05, 4.69) is 26.2 Å². The summed E-state index contributed by atoms with van der Waals surface area (Å²) in [6.07, 6.45) is 0. The van der Waals surface area contributed by atoms with Gasteiger partial charge in [-0.25, -0.2) is 4.98 Å². The van der Waals surface area contributed by atoms with E-state index in [-0.39, 0.29) is 5.91 Å². The zero-order valence-electron chi connectivity index (χ0n) is 16.7. The maximum absolute atomic E-state index is 13.2. The Kier molecular flexibility index (Phi) is 6.12. The van der Waals surface area contributed by atoms with Gasteiger partial charge in [0.05, 0.1) is 17.7 Å². The number of aryl methyl sites for hydroxylation is 1. The van der Waals surface area contributed by atoms with Crippen LogP contribution in [0, 0.1) is 18.3 Å². The van der Waals surface area contributed by atoms with Gasteiger partial charge in [-0.15, -0.1) is 0 Å². The molecular formula is C22H22N6OS. The number of H-pyrrole nitrogens is 1. The first-order valence-electron chi connectivity index (χ1n) is 9.79. The summed E-state index contributed by atoms with van der Waals surface area (Å²) in [6, 6.07) is 17.3. The third kappa shape index (κ3) is 4.53. The second-order valence-electron chi connectivity index (χ2n) is 7.11. The van der Waals surface area contributed by atoms with Crippen LogP contribution in [-0.2, 0) is 6.54 Å². The number of benzene rings is 2. The monoisotopic (exact) mass is 418 g/mol. The van der Waals surface area contributed by atoms with Crippen LogP contribution in [0.3, 0.4) is 0 Å². The topological polar surface area (TPSA) is 88.9 Å². The Hall–Kier alpha value is -3.15. The van der Waals surface area contributed by atoms with Gasteiger partial charge in [-0.1, -0.05) is 36.0 Å². The first kappa shape index (κ1) is 20.1. The molecule has 1 fully saturated rings. The third-order valence-electron chi connectivity index (χ3n) is 5.01. The maximum atomic E-state index is 13.2. The summed E-state index contributed by atoms with van der Waals surface area (Å²) in [5.41, 5.74) is 1.29. The maximum Gasteiger partial charge on any atom is 0.255 e. The number of hydrogen-bond donors (Lipinski definition) is 1. The smallest absolute Gasteiger partial charge is 0.255 e. The lowest BCUT2D eigenvalue weighted by Crippen LogP contribution is -2.48. The van der Waals surface area contributed by atoms with E-state index in [0.29, 0.717) is 30.8 Å². The highest BCUT2D eigenvalue weighted by atomic mass is 32.2. The van der Waals surface area contributed by atoms with Crippen LogP contribution in [-0.4, -0.2) is 57.1 Å². The van der Waals surface area contributed by atoms with Crippen molar-refractivity contribution in [3.8, 4) is 6.07 Å². The molecule has 0 unspecified atom stereocenters. The van der Waals surface area contributed by atoms with Crippen molar-refractivity contribution >= 4 is 17.7 Å². The van der Waals surface area contributed by atoms with E-state index in [4.69, 9.17) is 0 Å². The highest BCUT2D eigenvalue weighted by molar-refractivity contribution is 7.99. The fourth-order valence-electron chi connectivity index (χ4n) is 3.44. The van der Waals surface area contributed by atoms with Crippen molar-refractivity contribution in [3.05, 3.63) is 71.3 Å². The van der Waals surface area contributed by atoms with E-state index in [1.807, 2.05) is 54.3 Å². The average Bonchev–Trinajstić information content (AvgIpc) is 3.19. The molecule has 2 heterocycles. The number of aromatic amines is 1. The Morgan fingerprint density at radius 3 is 2.50 bits per heavy atom. The predicted molar refractivity (Wildman–Crippen MR) is 114 cm³/mol. The van der Waals surface area contributed by atoms with Crippen molar-refractivity contribution < 1.29 is 4.79 Å². The van der Waals surface area contributed by atoms with Crippen LogP contribution in [0.2, 0.25) is 0 Å². The molecule has 1 aliphatic rings. The largest absolute Gasteiger partial charge is 0.336 e. The van der Waals surface area contributed by atoms with Crippen LogP contribution in [0.15, 0.2) is 58.3 Å². The Bertz CT molecular complexity index is 1080. The lowest BCUT2D eigenvalue weighted by Gasteiger charge is -2.34. The number of amides is 1. The molecule has 0 bridgehead atoms. The normalized spacial score (nSPS) is 14.5. The summed E-state index contributed by atoms with van der Waals surface area (Å²) in [4.78, 5) is 23.5. The van der Waals surface area contributed by atoms with Gasteiger partial charge in [0.15, 0.2) is 5.82 Å². The number of nitrogens with one attached hydrogen (secondary N) is 1. The molecule has 0 atom stereocenters. The average molecular weight is 419 g/mol. The molecule has 2 aromatic carbocycles. The van der Waals surface area contributed by atoms with E-state index < -0.39 is 0 Å². The fourth-order valence-corrected chi connectivity index (χ4v) is 4.46. The first-order valence-corrected chi connectivity index (χ1v) is 10.6. The number of carbonyl (C=O) groups is 1. The number of aromatic nitrogens is 3. The highest BCUT2D eigenvalue weighted by Gasteiger charge is 2.24.